The highest BCUT2D eigenvalue weighted by Crippen LogP contribution is 2.35. The molecule has 0 amide bonds. The number of carbonyl (C=O) groups is 1. The van der Waals surface area contributed by atoms with Crippen molar-refractivity contribution >= 4 is 5.97 Å². The maximum atomic E-state index is 12.1. The Morgan fingerprint density at radius 3 is 2.64 bits per heavy atom. The quantitative estimate of drug-likeness (QED) is 0.814. The largest absolute Gasteiger partial charge is 0.469 e. The van der Waals surface area contributed by atoms with Gasteiger partial charge in [-0.05, 0) is 24.6 Å². The van der Waals surface area contributed by atoms with Gasteiger partial charge in [0.05, 0.1) is 13.0 Å². The number of esters is 1. The van der Waals surface area contributed by atoms with Crippen molar-refractivity contribution < 1.29 is 13.9 Å². The molecule has 2 aromatic rings. The topological polar surface area (TPSA) is 42.7 Å². The van der Waals surface area contributed by atoms with E-state index in [1.807, 2.05) is 37.3 Å². The van der Waals surface area contributed by atoms with Crippen LogP contribution in [-0.2, 0) is 16.1 Å². The molecule has 0 saturated carbocycles. The SMILES string of the molecule is COC(=O)C1CN(Cc2ccccc2)CC1c1ccc(C)o1. The zero-order chi connectivity index (χ0) is 15.5. The van der Waals surface area contributed by atoms with Crippen LogP contribution in [0.2, 0.25) is 0 Å². The Balaban J connectivity index is 1.78. The van der Waals surface area contributed by atoms with Gasteiger partial charge in [-0.2, -0.15) is 0 Å². The summed E-state index contributed by atoms with van der Waals surface area (Å²) in [7, 11) is 1.45. The van der Waals surface area contributed by atoms with Gasteiger partial charge in [0, 0.05) is 25.6 Å². The van der Waals surface area contributed by atoms with Gasteiger partial charge in [0.2, 0.25) is 0 Å². The van der Waals surface area contributed by atoms with Crippen LogP contribution >= 0.6 is 0 Å². The molecule has 0 aliphatic carbocycles. The lowest BCUT2D eigenvalue weighted by Crippen LogP contribution is -2.24. The number of aryl methyl sites for hydroxylation is 1. The van der Waals surface area contributed by atoms with Crippen LogP contribution in [0.1, 0.15) is 23.0 Å². The van der Waals surface area contributed by atoms with Gasteiger partial charge in [-0.1, -0.05) is 30.3 Å². The number of hydrogen-bond acceptors (Lipinski definition) is 4. The minimum absolute atomic E-state index is 0.0601. The van der Waals surface area contributed by atoms with Gasteiger partial charge in [0.1, 0.15) is 11.5 Å². The molecule has 3 rings (SSSR count). The molecule has 1 aromatic heterocycles. The zero-order valence-electron chi connectivity index (χ0n) is 13.0. The predicted octanol–water partition coefficient (Wildman–Crippen LogP) is 2.98. The maximum Gasteiger partial charge on any atom is 0.310 e. The predicted molar refractivity (Wildman–Crippen MR) is 83.4 cm³/mol. The van der Waals surface area contributed by atoms with Crippen molar-refractivity contribution in [2.75, 3.05) is 20.2 Å². The average Bonchev–Trinajstić information content (AvgIpc) is 3.14. The Labute approximate surface area is 130 Å². The zero-order valence-corrected chi connectivity index (χ0v) is 13.0. The molecule has 1 saturated heterocycles. The van der Waals surface area contributed by atoms with Crippen molar-refractivity contribution in [1.29, 1.82) is 0 Å². The summed E-state index contributed by atoms with van der Waals surface area (Å²) in [4.78, 5) is 14.4. The summed E-state index contributed by atoms with van der Waals surface area (Å²) in [5.41, 5.74) is 1.25. The van der Waals surface area contributed by atoms with E-state index in [1.54, 1.807) is 0 Å². The van der Waals surface area contributed by atoms with Gasteiger partial charge >= 0.3 is 5.97 Å². The van der Waals surface area contributed by atoms with Gasteiger partial charge in [0.15, 0.2) is 0 Å². The second-order valence-corrected chi connectivity index (χ2v) is 5.86. The lowest BCUT2D eigenvalue weighted by atomic mass is 9.94. The molecule has 4 heteroatoms. The number of furan rings is 1. The number of benzene rings is 1. The highest BCUT2D eigenvalue weighted by molar-refractivity contribution is 5.74. The van der Waals surface area contributed by atoms with E-state index in [4.69, 9.17) is 9.15 Å². The average molecular weight is 299 g/mol. The fourth-order valence-electron chi connectivity index (χ4n) is 3.19. The summed E-state index contributed by atoms with van der Waals surface area (Å²) in [5, 5.41) is 0. The van der Waals surface area contributed by atoms with Crippen molar-refractivity contribution in [3.63, 3.8) is 0 Å². The van der Waals surface area contributed by atoms with E-state index in [1.165, 1.54) is 12.7 Å². The number of hydrogen-bond donors (Lipinski definition) is 0. The number of likely N-dealkylation sites (tertiary alicyclic amines) is 1. The smallest absolute Gasteiger partial charge is 0.310 e. The normalized spacial score (nSPS) is 21.9. The van der Waals surface area contributed by atoms with Crippen molar-refractivity contribution in [1.82, 2.24) is 4.90 Å². The van der Waals surface area contributed by atoms with Crippen LogP contribution in [0.4, 0.5) is 0 Å². The van der Waals surface area contributed by atoms with E-state index in [0.29, 0.717) is 6.54 Å². The number of carbonyl (C=O) groups excluding carboxylic acids is 1. The van der Waals surface area contributed by atoms with Crippen molar-refractivity contribution in [3.8, 4) is 0 Å². The molecular weight excluding hydrogens is 278 g/mol. The number of rotatable bonds is 4. The molecular formula is C18H21NO3. The Bertz CT molecular complexity index is 635. The Morgan fingerprint density at radius 1 is 1.23 bits per heavy atom. The molecule has 0 bridgehead atoms. The maximum absolute atomic E-state index is 12.1. The van der Waals surface area contributed by atoms with Gasteiger partial charge in [-0.15, -0.1) is 0 Å². The lowest BCUT2D eigenvalue weighted by Gasteiger charge is -2.15. The van der Waals surface area contributed by atoms with Crippen molar-refractivity contribution in [2.45, 2.75) is 19.4 Å². The molecule has 4 nitrogen and oxygen atoms in total. The summed E-state index contributed by atoms with van der Waals surface area (Å²) in [6.07, 6.45) is 0. The minimum Gasteiger partial charge on any atom is -0.469 e. The molecule has 2 unspecified atom stereocenters. The molecule has 116 valence electrons. The molecule has 0 spiro atoms. The van der Waals surface area contributed by atoms with Crippen molar-refractivity contribution in [3.05, 3.63) is 59.5 Å². The first-order valence-corrected chi connectivity index (χ1v) is 7.58. The molecule has 22 heavy (non-hydrogen) atoms. The highest BCUT2D eigenvalue weighted by atomic mass is 16.5. The summed E-state index contributed by atoms with van der Waals surface area (Å²) < 4.78 is 10.7. The first-order valence-electron chi connectivity index (χ1n) is 7.58. The van der Waals surface area contributed by atoms with Gasteiger partial charge in [0.25, 0.3) is 0 Å². The standard InChI is InChI=1S/C18H21NO3/c1-13-8-9-17(22-13)15-11-19(12-16(15)18(20)21-2)10-14-6-4-3-5-7-14/h3-9,15-16H,10-12H2,1-2H3. The summed E-state index contributed by atoms with van der Waals surface area (Å²) in [6.45, 7) is 4.27. The van der Waals surface area contributed by atoms with E-state index < -0.39 is 0 Å². The molecule has 0 radical (unpaired) electrons. The molecule has 0 N–H and O–H groups in total. The van der Waals surface area contributed by atoms with Crippen LogP contribution in [0.3, 0.4) is 0 Å². The molecule has 1 aliphatic rings. The van der Waals surface area contributed by atoms with Gasteiger partial charge in [-0.3, -0.25) is 9.69 Å². The summed E-state index contributed by atoms with van der Waals surface area (Å²) in [5.74, 6) is 1.49. The molecule has 1 aliphatic heterocycles. The van der Waals surface area contributed by atoms with Gasteiger partial charge < -0.3 is 9.15 Å². The molecule has 2 atom stereocenters. The third-order valence-electron chi connectivity index (χ3n) is 4.28. The highest BCUT2D eigenvalue weighted by Gasteiger charge is 2.40. The Hall–Kier alpha value is -2.07. The second kappa shape index (κ2) is 6.36. The lowest BCUT2D eigenvalue weighted by molar-refractivity contribution is -0.145. The third-order valence-corrected chi connectivity index (χ3v) is 4.28. The second-order valence-electron chi connectivity index (χ2n) is 5.86. The first kappa shape index (κ1) is 14.9. The van der Waals surface area contributed by atoms with E-state index in [-0.39, 0.29) is 17.8 Å². The van der Waals surface area contributed by atoms with E-state index >= 15 is 0 Å². The van der Waals surface area contributed by atoms with Crippen molar-refractivity contribution in [2.24, 2.45) is 5.92 Å². The van der Waals surface area contributed by atoms with E-state index in [0.717, 1.165) is 24.6 Å². The monoisotopic (exact) mass is 299 g/mol. The number of ether oxygens (including phenoxy) is 1. The number of nitrogens with zero attached hydrogens (tertiary/aromatic N) is 1. The van der Waals surface area contributed by atoms with Crippen LogP contribution in [0.25, 0.3) is 0 Å². The van der Waals surface area contributed by atoms with Crippen LogP contribution < -0.4 is 0 Å². The Morgan fingerprint density at radius 2 is 2.00 bits per heavy atom. The van der Waals surface area contributed by atoms with Gasteiger partial charge in [-0.25, -0.2) is 0 Å². The Kier molecular flexibility index (Phi) is 4.29. The molecule has 1 fully saturated rings. The van der Waals surface area contributed by atoms with E-state index in [2.05, 4.69) is 17.0 Å². The van der Waals surface area contributed by atoms with Crippen LogP contribution in [-0.4, -0.2) is 31.1 Å². The third kappa shape index (κ3) is 3.07. The molecule has 2 heterocycles. The fourth-order valence-corrected chi connectivity index (χ4v) is 3.19. The summed E-state index contributed by atoms with van der Waals surface area (Å²) in [6, 6.07) is 14.2. The summed E-state index contributed by atoms with van der Waals surface area (Å²) >= 11 is 0. The minimum atomic E-state index is -0.167. The first-order chi connectivity index (χ1) is 10.7. The molecule has 1 aromatic carbocycles. The van der Waals surface area contributed by atoms with E-state index in [9.17, 15) is 4.79 Å². The van der Waals surface area contributed by atoms with Crippen LogP contribution in [0.15, 0.2) is 46.9 Å². The fraction of sp³-hybridized carbons (Fsp3) is 0.389. The number of methoxy groups -OCH3 is 1. The van der Waals surface area contributed by atoms with Crippen LogP contribution in [0.5, 0.6) is 0 Å². The van der Waals surface area contributed by atoms with Crippen LogP contribution in [0, 0.1) is 12.8 Å².